The van der Waals surface area contributed by atoms with Crippen LogP contribution in [0.15, 0.2) is 23.8 Å². The second-order valence-corrected chi connectivity index (χ2v) is 6.55. The van der Waals surface area contributed by atoms with Crippen LogP contribution in [-0.4, -0.2) is 37.9 Å². The molecule has 1 aliphatic rings. The standard InChI is InChI=1S/C15H22N4OS/c1-2-19-14(16-11-17-19)10-18-7-5-12(6-8-18)15(20)13-4-3-9-21-13/h3-4,9,11-12,15,20H,2,5-8,10H2,1H3/t15-/m1/s1. The van der Waals surface area contributed by atoms with Crippen molar-refractivity contribution in [3.8, 4) is 0 Å². The Morgan fingerprint density at radius 3 is 2.90 bits per heavy atom. The van der Waals surface area contributed by atoms with E-state index in [4.69, 9.17) is 0 Å². The second-order valence-electron chi connectivity index (χ2n) is 5.57. The van der Waals surface area contributed by atoms with Crippen molar-refractivity contribution in [1.29, 1.82) is 0 Å². The van der Waals surface area contributed by atoms with Gasteiger partial charge in [-0.2, -0.15) is 5.10 Å². The molecular formula is C15H22N4OS. The third kappa shape index (κ3) is 3.33. The molecule has 6 heteroatoms. The molecule has 0 bridgehead atoms. The molecule has 3 heterocycles. The fourth-order valence-electron chi connectivity index (χ4n) is 2.99. The van der Waals surface area contributed by atoms with E-state index in [1.807, 2.05) is 22.2 Å². The van der Waals surface area contributed by atoms with Gasteiger partial charge in [-0.3, -0.25) is 4.90 Å². The van der Waals surface area contributed by atoms with Crippen molar-refractivity contribution in [2.45, 2.75) is 39.0 Å². The highest BCUT2D eigenvalue weighted by atomic mass is 32.1. The van der Waals surface area contributed by atoms with Crippen LogP contribution in [0, 0.1) is 5.92 Å². The van der Waals surface area contributed by atoms with Gasteiger partial charge in [-0.1, -0.05) is 6.07 Å². The molecule has 0 amide bonds. The number of hydrogen-bond acceptors (Lipinski definition) is 5. The molecule has 1 saturated heterocycles. The molecule has 0 saturated carbocycles. The summed E-state index contributed by atoms with van der Waals surface area (Å²) in [5.41, 5.74) is 0. The molecule has 0 aromatic carbocycles. The molecule has 1 N–H and O–H groups in total. The van der Waals surface area contributed by atoms with E-state index in [1.54, 1.807) is 17.7 Å². The Bertz CT molecular complexity index is 546. The average Bonchev–Trinajstić information content (AvgIpc) is 3.18. The van der Waals surface area contributed by atoms with E-state index in [0.29, 0.717) is 5.92 Å². The fraction of sp³-hybridized carbons (Fsp3) is 0.600. The smallest absolute Gasteiger partial charge is 0.140 e. The van der Waals surface area contributed by atoms with Gasteiger partial charge in [0.1, 0.15) is 12.2 Å². The van der Waals surface area contributed by atoms with Crippen molar-refractivity contribution >= 4 is 11.3 Å². The predicted molar refractivity (Wildman–Crippen MR) is 83.0 cm³/mol. The maximum atomic E-state index is 10.4. The Kier molecular flexibility index (Phi) is 4.67. The van der Waals surface area contributed by atoms with Crippen molar-refractivity contribution in [3.63, 3.8) is 0 Å². The summed E-state index contributed by atoms with van der Waals surface area (Å²) < 4.78 is 1.95. The van der Waals surface area contributed by atoms with Crippen LogP contribution in [0.25, 0.3) is 0 Å². The van der Waals surface area contributed by atoms with Crippen LogP contribution in [0.5, 0.6) is 0 Å². The Morgan fingerprint density at radius 1 is 1.43 bits per heavy atom. The Hall–Kier alpha value is -1.24. The second kappa shape index (κ2) is 6.68. The predicted octanol–water partition coefficient (Wildman–Crippen LogP) is 2.31. The van der Waals surface area contributed by atoms with Crippen molar-refractivity contribution < 1.29 is 5.11 Å². The lowest BCUT2D eigenvalue weighted by molar-refractivity contribution is 0.0579. The lowest BCUT2D eigenvalue weighted by Crippen LogP contribution is -2.35. The van der Waals surface area contributed by atoms with Crippen LogP contribution in [0.4, 0.5) is 0 Å². The zero-order valence-corrected chi connectivity index (χ0v) is 13.2. The van der Waals surface area contributed by atoms with Crippen LogP contribution in [-0.2, 0) is 13.1 Å². The minimum absolute atomic E-state index is 0.300. The van der Waals surface area contributed by atoms with Crippen molar-refractivity contribution in [3.05, 3.63) is 34.5 Å². The first kappa shape index (κ1) is 14.7. The minimum atomic E-state index is -0.300. The third-order valence-corrected chi connectivity index (χ3v) is 5.22. The van der Waals surface area contributed by atoms with Gasteiger partial charge in [-0.15, -0.1) is 11.3 Å². The molecule has 0 aliphatic carbocycles. The molecule has 1 aliphatic heterocycles. The summed E-state index contributed by atoms with van der Waals surface area (Å²) in [6, 6.07) is 4.04. The van der Waals surface area contributed by atoms with Gasteiger partial charge in [0.2, 0.25) is 0 Å². The number of nitrogens with zero attached hydrogens (tertiary/aromatic N) is 4. The number of likely N-dealkylation sites (tertiary alicyclic amines) is 1. The van der Waals surface area contributed by atoms with E-state index in [1.165, 1.54) is 0 Å². The number of rotatable bonds is 5. The highest BCUT2D eigenvalue weighted by Crippen LogP contribution is 2.33. The quantitative estimate of drug-likeness (QED) is 0.921. The van der Waals surface area contributed by atoms with Crippen LogP contribution in [0.1, 0.15) is 36.6 Å². The van der Waals surface area contributed by atoms with Gasteiger partial charge in [-0.05, 0) is 50.2 Å². The van der Waals surface area contributed by atoms with Crippen molar-refractivity contribution in [2.24, 2.45) is 5.92 Å². The first-order valence-electron chi connectivity index (χ1n) is 7.58. The average molecular weight is 306 g/mol. The molecular weight excluding hydrogens is 284 g/mol. The van der Waals surface area contributed by atoms with E-state index < -0.39 is 0 Å². The summed E-state index contributed by atoms with van der Waals surface area (Å²) in [6.45, 7) is 5.84. The summed E-state index contributed by atoms with van der Waals surface area (Å²) in [5.74, 6) is 1.42. The van der Waals surface area contributed by atoms with E-state index in [0.717, 1.165) is 49.7 Å². The number of thiophene rings is 1. The van der Waals surface area contributed by atoms with Gasteiger partial charge in [-0.25, -0.2) is 9.67 Å². The van der Waals surface area contributed by atoms with Gasteiger partial charge in [0.05, 0.1) is 12.6 Å². The van der Waals surface area contributed by atoms with Crippen LogP contribution in [0.2, 0.25) is 0 Å². The number of aromatic nitrogens is 3. The summed E-state index contributed by atoms with van der Waals surface area (Å²) in [6.07, 6.45) is 3.41. The molecule has 0 spiro atoms. The van der Waals surface area contributed by atoms with E-state index in [9.17, 15) is 5.11 Å². The zero-order chi connectivity index (χ0) is 14.7. The molecule has 2 aromatic rings. The van der Waals surface area contributed by atoms with E-state index in [-0.39, 0.29) is 6.10 Å². The first-order chi connectivity index (χ1) is 10.3. The molecule has 0 radical (unpaired) electrons. The maximum absolute atomic E-state index is 10.4. The van der Waals surface area contributed by atoms with Gasteiger partial charge in [0.25, 0.3) is 0 Å². The molecule has 1 atom stereocenters. The van der Waals surface area contributed by atoms with Gasteiger partial charge in [0, 0.05) is 11.4 Å². The summed E-state index contributed by atoms with van der Waals surface area (Å²) in [4.78, 5) is 7.85. The summed E-state index contributed by atoms with van der Waals surface area (Å²) in [5, 5.41) is 16.7. The van der Waals surface area contributed by atoms with Gasteiger partial charge < -0.3 is 5.11 Å². The normalized spacial score (nSPS) is 19.0. The number of aryl methyl sites for hydroxylation is 1. The molecule has 1 fully saturated rings. The topological polar surface area (TPSA) is 54.2 Å². The van der Waals surface area contributed by atoms with E-state index >= 15 is 0 Å². The van der Waals surface area contributed by atoms with Gasteiger partial charge >= 0.3 is 0 Å². The lowest BCUT2D eigenvalue weighted by Gasteiger charge is -2.33. The number of aliphatic hydroxyl groups is 1. The summed E-state index contributed by atoms with van der Waals surface area (Å²) >= 11 is 1.65. The number of aliphatic hydroxyl groups excluding tert-OH is 1. The highest BCUT2D eigenvalue weighted by molar-refractivity contribution is 7.10. The lowest BCUT2D eigenvalue weighted by atomic mass is 9.90. The molecule has 0 unspecified atom stereocenters. The minimum Gasteiger partial charge on any atom is -0.387 e. The SMILES string of the molecule is CCn1ncnc1CN1CCC([C@@H](O)c2cccs2)CC1. The highest BCUT2D eigenvalue weighted by Gasteiger charge is 2.27. The molecule has 21 heavy (non-hydrogen) atoms. The first-order valence-corrected chi connectivity index (χ1v) is 8.46. The van der Waals surface area contributed by atoms with Crippen molar-refractivity contribution in [1.82, 2.24) is 19.7 Å². The molecule has 2 aromatic heterocycles. The third-order valence-electron chi connectivity index (χ3n) is 4.27. The van der Waals surface area contributed by atoms with E-state index in [2.05, 4.69) is 21.9 Å². The summed E-state index contributed by atoms with van der Waals surface area (Å²) in [7, 11) is 0. The Labute approximate surface area is 129 Å². The molecule has 3 rings (SSSR count). The molecule has 114 valence electrons. The van der Waals surface area contributed by atoms with Crippen LogP contribution in [0.3, 0.4) is 0 Å². The number of hydrogen-bond donors (Lipinski definition) is 1. The Balaban J connectivity index is 1.53. The van der Waals surface area contributed by atoms with Crippen LogP contribution < -0.4 is 0 Å². The number of piperidine rings is 1. The largest absolute Gasteiger partial charge is 0.387 e. The van der Waals surface area contributed by atoms with Crippen LogP contribution >= 0.6 is 11.3 Å². The van der Waals surface area contributed by atoms with Crippen molar-refractivity contribution in [2.75, 3.05) is 13.1 Å². The molecule has 5 nitrogen and oxygen atoms in total. The monoisotopic (exact) mass is 306 g/mol. The fourth-order valence-corrected chi connectivity index (χ4v) is 3.80. The van der Waals surface area contributed by atoms with Gasteiger partial charge in [0.15, 0.2) is 0 Å². The Morgan fingerprint density at radius 2 is 2.24 bits per heavy atom. The maximum Gasteiger partial charge on any atom is 0.140 e. The zero-order valence-electron chi connectivity index (χ0n) is 12.4.